The average Bonchev–Trinajstić information content (AvgIpc) is 2.92. The molecular formula is C16H20O4. The van der Waals surface area contributed by atoms with E-state index in [0.717, 1.165) is 30.4 Å². The summed E-state index contributed by atoms with van der Waals surface area (Å²) in [5.41, 5.74) is 0.789. The molecule has 0 amide bonds. The normalized spacial score (nSPS) is 21.1. The molecule has 1 N–H and O–H groups in total. The van der Waals surface area contributed by atoms with Gasteiger partial charge in [-0.1, -0.05) is 18.2 Å². The molecule has 1 aliphatic rings. The number of benzene rings is 1. The number of rotatable bonds is 5. The summed E-state index contributed by atoms with van der Waals surface area (Å²) in [6, 6.07) is 9.58. The third-order valence-electron chi connectivity index (χ3n) is 3.63. The van der Waals surface area contributed by atoms with Crippen molar-refractivity contribution >= 4 is 11.0 Å². The Labute approximate surface area is 118 Å². The minimum atomic E-state index is -0.731. The molecule has 0 radical (unpaired) electrons. The Morgan fingerprint density at radius 1 is 1.30 bits per heavy atom. The van der Waals surface area contributed by atoms with Crippen LogP contribution in [0.2, 0.25) is 0 Å². The van der Waals surface area contributed by atoms with Crippen LogP contribution in [-0.2, 0) is 9.47 Å². The van der Waals surface area contributed by atoms with Crippen LogP contribution >= 0.6 is 0 Å². The second-order valence-electron chi connectivity index (χ2n) is 5.23. The number of ether oxygens (including phenoxy) is 2. The van der Waals surface area contributed by atoms with Crippen molar-refractivity contribution in [2.75, 3.05) is 19.8 Å². The lowest BCUT2D eigenvalue weighted by atomic mass is 10.1. The zero-order chi connectivity index (χ0) is 13.8. The predicted octanol–water partition coefficient (Wildman–Crippen LogP) is 3.05. The highest BCUT2D eigenvalue weighted by atomic mass is 16.5. The Balaban J connectivity index is 1.52. The molecule has 2 unspecified atom stereocenters. The molecule has 1 saturated heterocycles. The summed E-state index contributed by atoms with van der Waals surface area (Å²) in [6.45, 7) is 1.59. The third kappa shape index (κ3) is 3.20. The SMILES string of the molecule is OC(COCC1CCCCO1)c1cc2ccccc2o1. The quantitative estimate of drug-likeness (QED) is 0.912. The topological polar surface area (TPSA) is 51.8 Å². The lowest BCUT2D eigenvalue weighted by molar-refractivity contribution is -0.0597. The van der Waals surface area contributed by atoms with Gasteiger partial charge in [-0.3, -0.25) is 0 Å². The van der Waals surface area contributed by atoms with Crippen LogP contribution in [0.3, 0.4) is 0 Å². The molecule has 2 atom stereocenters. The van der Waals surface area contributed by atoms with Crippen molar-refractivity contribution in [3.8, 4) is 0 Å². The second-order valence-corrected chi connectivity index (χ2v) is 5.23. The van der Waals surface area contributed by atoms with Crippen LogP contribution in [0.5, 0.6) is 0 Å². The van der Waals surface area contributed by atoms with Gasteiger partial charge < -0.3 is 19.0 Å². The number of para-hydroxylation sites is 1. The largest absolute Gasteiger partial charge is 0.458 e. The molecular weight excluding hydrogens is 256 g/mol. The van der Waals surface area contributed by atoms with E-state index < -0.39 is 6.10 Å². The Morgan fingerprint density at radius 3 is 3.00 bits per heavy atom. The first-order valence-corrected chi connectivity index (χ1v) is 7.19. The molecule has 0 bridgehead atoms. The standard InChI is InChI=1S/C16H20O4/c17-14(11-18-10-13-6-3-4-8-19-13)16-9-12-5-1-2-7-15(12)20-16/h1-2,5,7,9,13-14,17H,3-4,6,8,10-11H2. The Morgan fingerprint density at radius 2 is 2.20 bits per heavy atom. The lowest BCUT2D eigenvalue weighted by Crippen LogP contribution is -2.25. The lowest BCUT2D eigenvalue weighted by Gasteiger charge is -2.22. The molecule has 4 heteroatoms. The van der Waals surface area contributed by atoms with Gasteiger partial charge >= 0.3 is 0 Å². The van der Waals surface area contributed by atoms with Gasteiger partial charge in [0.05, 0.1) is 19.3 Å². The number of fused-ring (bicyclic) bond motifs is 1. The van der Waals surface area contributed by atoms with Crippen molar-refractivity contribution in [1.82, 2.24) is 0 Å². The molecule has 2 heterocycles. The Bertz CT molecular complexity index is 509. The minimum absolute atomic E-state index is 0.173. The van der Waals surface area contributed by atoms with Gasteiger partial charge in [0.15, 0.2) is 0 Å². The van der Waals surface area contributed by atoms with Crippen molar-refractivity contribution < 1.29 is 19.0 Å². The van der Waals surface area contributed by atoms with E-state index in [-0.39, 0.29) is 12.7 Å². The molecule has 0 aliphatic carbocycles. The van der Waals surface area contributed by atoms with Crippen LogP contribution in [0.15, 0.2) is 34.7 Å². The van der Waals surface area contributed by atoms with Crippen molar-refractivity contribution in [2.24, 2.45) is 0 Å². The predicted molar refractivity (Wildman–Crippen MR) is 75.6 cm³/mol. The number of hydrogen-bond donors (Lipinski definition) is 1. The summed E-state index contributed by atoms with van der Waals surface area (Å²) in [4.78, 5) is 0. The van der Waals surface area contributed by atoms with E-state index in [2.05, 4.69) is 0 Å². The fraction of sp³-hybridized carbons (Fsp3) is 0.500. The van der Waals surface area contributed by atoms with Crippen LogP contribution in [0.4, 0.5) is 0 Å². The number of hydrogen-bond acceptors (Lipinski definition) is 4. The third-order valence-corrected chi connectivity index (χ3v) is 3.63. The molecule has 1 aliphatic heterocycles. The van der Waals surface area contributed by atoms with E-state index in [4.69, 9.17) is 13.9 Å². The molecule has 2 aromatic rings. The summed E-state index contributed by atoms with van der Waals surface area (Å²) >= 11 is 0. The van der Waals surface area contributed by atoms with E-state index >= 15 is 0 Å². The number of aliphatic hydroxyl groups excluding tert-OH is 1. The first-order valence-electron chi connectivity index (χ1n) is 7.19. The first-order chi connectivity index (χ1) is 9.83. The Kier molecular flexibility index (Phi) is 4.35. The molecule has 0 spiro atoms. The molecule has 1 fully saturated rings. The number of furan rings is 1. The van der Waals surface area contributed by atoms with Gasteiger partial charge in [-0.2, -0.15) is 0 Å². The first kappa shape index (κ1) is 13.6. The maximum atomic E-state index is 10.1. The second kappa shape index (κ2) is 6.39. The molecule has 3 rings (SSSR count). The molecule has 4 nitrogen and oxygen atoms in total. The summed E-state index contributed by atoms with van der Waals surface area (Å²) in [5, 5.41) is 11.1. The van der Waals surface area contributed by atoms with Crippen molar-refractivity contribution in [1.29, 1.82) is 0 Å². The highest BCUT2D eigenvalue weighted by Gasteiger charge is 2.17. The Hall–Kier alpha value is -1.36. The molecule has 20 heavy (non-hydrogen) atoms. The van der Waals surface area contributed by atoms with E-state index in [9.17, 15) is 5.11 Å². The average molecular weight is 276 g/mol. The molecule has 1 aromatic heterocycles. The fourth-order valence-electron chi connectivity index (χ4n) is 2.50. The van der Waals surface area contributed by atoms with Gasteiger partial charge in [0.25, 0.3) is 0 Å². The highest BCUT2D eigenvalue weighted by molar-refractivity contribution is 5.77. The summed E-state index contributed by atoms with van der Waals surface area (Å²) < 4.78 is 16.7. The minimum Gasteiger partial charge on any atom is -0.458 e. The molecule has 0 saturated carbocycles. The fourth-order valence-corrected chi connectivity index (χ4v) is 2.50. The monoisotopic (exact) mass is 276 g/mol. The number of aliphatic hydroxyl groups is 1. The smallest absolute Gasteiger partial charge is 0.136 e. The van der Waals surface area contributed by atoms with E-state index in [0.29, 0.717) is 12.4 Å². The van der Waals surface area contributed by atoms with Gasteiger partial charge in [0.1, 0.15) is 17.4 Å². The maximum absolute atomic E-state index is 10.1. The van der Waals surface area contributed by atoms with E-state index in [1.807, 2.05) is 30.3 Å². The summed E-state index contributed by atoms with van der Waals surface area (Å²) in [7, 11) is 0. The van der Waals surface area contributed by atoms with Crippen molar-refractivity contribution in [3.05, 3.63) is 36.1 Å². The highest BCUT2D eigenvalue weighted by Crippen LogP contribution is 2.24. The van der Waals surface area contributed by atoms with E-state index in [1.165, 1.54) is 6.42 Å². The zero-order valence-corrected chi connectivity index (χ0v) is 11.5. The van der Waals surface area contributed by atoms with Crippen LogP contribution in [0, 0.1) is 0 Å². The molecule has 108 valence electrons. The van der Waals surface area contributed by atoms with Crippen LogP contribution < -0.4 is 0 Å². The van der Waals surface area contributed by atoms with E-state index in [1.54, 1.807) is 0 Å². The van der Waals surface area contributed by atoms with Crippen molar-refractivity contribution in [3.63, 3.8) is 0 Å². The van der Waals surface area contributed by atoms with Gasteiger partial charge in [-0.15, -0.1) is 0 Å². The zero-order valence-electron chi connectivity index (χ0n) is 11.5. The summed E-state index contributed by atoms with van der Waals surface area (Å²) in [6.07, 6.45) is 2.82. The summed E-state index contributed by atoms with van der Waals surface area (Å²) in [5.74, 6) is 0.552. The van der Waals surface area contributed by atoms with Gasteiger partial charge in [-0.25, -0.2) is 0 Å². The van der Waals surface area contributed by atoms with Gasteiger partial charge in [-0.05, 0) is 31.4 Å². The van der Waals surface area contributed by atoms with Crippen LogP contribution in [0.25, 0.3) is 11.0 Å². The van der Waals surface area contributed by atoms with Gasteiger partial charge in [0.2, 0.25) is 0 Å². The molecule has 1 aromatic carbocycles. The van der Waals surface area contributed by atoms with Crippen LogP contribution in [-0.4, -0.2) is 31.0 Å². The van der Waals surface area contributed by atoms with Crippen molar-refractivity contribution in [2.45, 2.75) is 31.5 Å². The van der Waals surface area contributed by atoms with Crippen LogP contribution in [0.1, 0.15) is 31.1 Å². The van der Waals surface area contributed by atoms with Gasteiger partial charge in [0, 0.05) is 12.0 Å². The maximum Gasteiger partial charge on any atom is 0.136 e.